The Bertz CT molecular complexity index is 1670. The monoisotopic (exact) mass is 679 g/mol. The molecular weight excluding hydrogens is 654 g/mol. The fraction of sp³-hybridized carbons (Fsp3) is 0.0938. The van der Waals surface area contributed by atoms with Gasteiger partial charge in [-0.05, 0) is 60.2 Å². The third-order valence-corrected chi connectivity index (χ3v) is 7.68. The second-order valence-corrected chi connectivity index (χ2v) is 11.3. The van der Waals surface area contributed by atoms with E-state index in [4.69, 9.17) is 21.1 Å². The zero-order valence-corrected chi connectivity index (χ0v) is 26.3. The maximum atomic E-state index is 13.4. The Balaban J connectivity index is 1.45. The number of ether oxygens (including phenoxy) is 2. The van der Waals surface area contributed by atoms with Crippen LogP contribution in [0.15, 0.2) is 106 Å². The SMILES string of the molecule is COc1cc(OC)c(NC(=O)CSc2cccc(NC(=O)/C(=C\c3cccc(Br)c3)NC(=O)c3ccccc3)c2)cc1Cl. The van der Waals surface area contributed by atoms with Gasteiger partial charge in [-0.1, -0.05) is 63.9 Å². The molecule has 4 aromatic carbocycles. The molecule has 0 saturated heterocycles. The molecule has 8 nitrogen and oxygen atoms in total. The van der Waals surface area contributed by atoms with Gasteiger partial charge in [0, 0.05) is 26.7 Å². The summed E-state index contributed by atoms with van der Waals surface area (Å²) in [6.45, 7) is 0. The Labute approximate surface area is 266 Å². The van der Waals surface area contributed by atoms with Crippen LogP contribution in [-0.2, 0) is 9.59 Å². The highest BCUT2D eigenvalue weighted by Crippen LogP contribution is 2.36. The average Bonchev–Trinajstić information content (AvgIpc) is 3.00. The average molecular weight is 681 g/mol. The van der Waals surface area contributed by atoms with Crippen molar-refractivity contribution < 1.29 is 23.9 Å². The van der Waals surface area contributed by atoms with Crippen molar-refractivity contribution in [2.45, 2.75) is 4.90 Å². The number of thioether (sulfide) groups is 1. The minimum Gasteiger partial charge on any atom is -0.495 e. The molecule has 3 amide bonds. The van der Waals surface area contributed by atoms with E-state index in [-0.39, 0.29) is 17.4 Å². The van der Waals surface area contributed by atoms with Crippen LogP contribution >= 0.6 is 39.3 Å². The molecule has 0 aromatic heterocycles. The van der Waals surface area contributed by atoms with Crippen molar-refractivity contribution in [3.05, 3.63) is 117 Å². The van der Waals surface area contributed by atoms with Gasteiger partial charge < -0.3 is 25.4 Å². The molecular formula is C32H27BrClN3O5S. The summed E-state index contributed by atoms with van der Waals surface area (Å²) < 4.78 is 11.4. The first-order valence-corrected chi connectivity index (χ1v) is 15.0. The van der Waals surface area contributed by atoms with Gasteiger partial charge in [-0.25, -0.2) is 0 Å². The van der Waals surface area contributed by atoms with Crippen LogP contribution in [0.1, 0.15) is 15.9 Å². The molecule has 0 saturated carbocycles. The molecule has 0 atom stereocenters. The van der Waals surface area contributed by atoms with Gasteiger partial charge in [0.1, 0.15) is 17.2 Å². The Morgan fingerprint density at radius 2 is 1.60 bits per heavy atom. The second-order valence-electron chi connectivity index (χ2n) is 8.94. The summed E-state index contributed by atoms with van der Waals surface area (Å²) in [7, 11) is 2.98. The summed E-state index contributed by atoms with van der Waals surface area (Å²) in [6, 6.07) is 26.2. The molecule has 4 rings (SSSR count). The van der Waals surface area contributed by atoms with Crippen LogP contribution < -0.4 is 25.4 Å². The van der Waals surface area contributed by atoms with Gasteiger partial charge >= 0.3 is 0 Å². The fourth-order valence-electron chi connectivity index (χ4n) is 3.86. The summed E-state index contributed by atoms with van der Waals surface area (Å²) in [4.78, 5) is 39.7. The van der Waals surface area contributed by atoms with Crippen molar-refractivity contribution in [1.82, 2.24) is 5.32 Å². The van der Waals surface area contributed by atoms with Gasteiger partial charge in [-0.3, -0.25) is 14.4 Å². The van der Waals surface area contributed by atoms with Crippen LogP contribution in [0, 0.1) is 0 Å². The number of nitrogens with one attached hydrogen (secondary N) is 3. The highest BCUT2D eigenvalue weighted by atomic mass is 79.9. The predicted octanol–water partition coefficient (Wildman–Crippen LogP) is 7.26. The molecule has 0 unspecified atom stereocenters. The summed E-state index contributed by atoms with van der Waals surface area (Å²) in [5, 5.41) is 8.71. The molecule has 0 bridgehead atoms. The van der Waals surface area contributed by atoms with Crippen LogP contribution in [0.2, 0.25) is 5.02 Å². The van der Waals surface area contributed by atoms with E-state index in [9.17, 15) is 14.4 Å². The molecule has 0 aliphatic rings. The first-order valence-electron chi connectivity index (χ1n) is 12.8. The Hall–Kier alpha value is -4.25. The lowest BCUT2D eigenvalue weighted by Crippen LogP contribution is -2.30. The third kappa shape index (κ3) is 9.12. The smallest absolute Gasteiger partial charge is 0.272 e. The summed E-state index contributed by atoms with van der Waals surface area (Å²) in [6.07, 6.45) is 1.60. The van der Waals surface area contributed by atoms with E-state index in [1.54, 1.807) is 60.7 Å². The van der Waals surface area contributed by atoms with Crippen LogP contribution in [0.5, 0.6) is 11.5 Å². The quantitative estimate of drug-likeness (QED) is 0.114. The van der Waals surface area contributed by atoms with Crippen LogP contribution in [-0.4, -0.2) is 37.7 Å². The van der Waals surface area contributed by atoms with Gasteiger partial charge in [0.15, 0.2) is 0 Å². The van der Waals surface area contributed by atoms with E-state index in [0.29, 0.717) is 33.5 Å². The van der Waals surface area contributed by atoms with Crippen molar-refractivity contribution in [2.75, 3.05) is 30.6 Å². The number of hydrogen-bond acceptors (Lipinski definition) is 6. The number of carbonyl (C=O) groups is 3. The summed E-state index contributed by atoms with van der Waals surface area (Å²) >= 11 is 10.9. The number of hydrogen-bond donors (Lipinski definition) is 3. The summed E-state index contributed by atoms with van der Waals surface area (Å²) in [5.41, 5.74) is 2.12. The van der Waals surface area contributed by atoms with Crippen molar-refractivity contribution in [2.24, 2.45) is 0 Å². The lowest BCUT2D eigenvalue weighted by molar-refractivity contribution is -0.114. The van der Waals surface area contributed by atoms with Crippen molar-refractivity contribution >= 4 is 74.5 Å². The highest BCUT2D eigenvalue weighted by molar-refractivity contribution is 9.10. The maximum absolute atomic E-state index is 13.4. The minimum absolute atomic E-state index is 0.0662. The lowest BCUT2D eigenvalue weighted by atomic mass is 10.1. The second kappa shape index (κ2) is 15.3. The number of rotatable bonds is 11. The normalized spacial score (nSPS) is 10.9. The Morgan fingerprint density at radius 1 is 0.860 bits per heavy atom. The molecule has 4 aromatic rings. The molecule has 0 aliphatic carbocycles. The predicted molar refractivity (Wildman–Crippen MR) is 175 cm³/mol. The number of amides is 3. The van der Waals surface area contributed by atoms with Crippen LogP contribution in [0.4, 0.5) is 11.4 Å². The molecule has 0 radical (unpaired) electrons. The van der Waals surface area contributed by atoms with Gasteiger partial charge in [0.2, 0.25) is 5.91 Å². The van der Waals surface area contributed by atoms with Crippen molar-refractivity contribution in [3.63, 3.8) is 0 Å². The fourth-order valence-corrected chi connectivity index (χ4v) is 5.27. The van der Waals surface area contributed by atoms with Gasteiger partial charge in [0.05, 0.1) is 30.7 Å². The topological polar surface area (TPSA) is 106 Å². The molecule has 0 spiro atoms. The van der Waals surface area contributed by atoms with E-state index in [1.165, 1.54) is 26.0 Å². The minimum atomic E-state index is -0.507. The molecule has 3 N–H and O–H groups in total. The summed E-state index contributed by atoms with van der Waals surface area (Å²) in [5.74, 6) is -0.267. The molecule has 43 heavy (non-hydrogen) atoms. The van der Waals surface area contributed by atoms with E-state index < -0.39 is 11.8 Å². The first kappa shape index (κ1) is 31.7. The van der Waals surface area contributed by atoms with E-state index in [0.717, 1.165) is 14.9 Å². The third-order valence-electron chi connectivity index (χ3n) is 5.90. The molecule has 11 heteroatoms. The number of benzene rings is 4. The van der Waals surface area contributed by atoms with Gasteiger partial charge in [-0.15, -0.1) is 11.8 Å². The number of anilines is 2. The number of halogens is 2. The molecule has 0 heterocycles. The number of methoxy groups -OCH3 is 2. The molecule has 0 fully saturated rings. The van der Waals surface area contributed by atoms with Crippen molar-refractivity contribution in [1.29, 1.82) is 0 Å². The zero-order valence-electron chi connectivity index (χ0n) is 23.2. The maximum Gasteiger partial charge on any atom is 0.272 e. The van der Waals surface area contributed by atoms with Crippen LogP contribution in [0.3, 0.4) is 0 Å². The Morgan fingerprint density at radius 3 is 2.33 bits per heavy atom. The van der Waals surface area contributed by atoms with Crippen molar-refractivity contribution in [3.8, 4) is 11.5 Å². The highest BCUT2D eigenvalue weighted by Gasteiger charge is 2.16. The van der Waals surface area contributed by atoms with E-state index in [2.05, 4.69) is 31.9 Å². The molecule has 0 aliphatic heterocycles. The largest absolute Gasteiger partial charge is 0.495 e. The van der Waals surface area contributed by atoms with E-state index in [1.807, 2.05) is 36.4 Å². The Kier molecular flexibility index (Phi) is 11.3. The molecule has 220 valence electrons. The van der Waals surface area contributed by atoms with Gasteiger partial charge in [-0.2, -0.15) is 0 Å². The standard InChI is InChI=1S/C32H27BrClN3O5S/c1-41-28-18-29(42-2)26(17-25(28)34)36-30(38)19-43-24-13-7-12-23(16-24)35-32(40)27(15-20-8-6-11-22(33)14-20)37-31(39)21-9-4-3-5-10-21/h3-18H,19H2,1-2H3,(H,35,40)(H,36,38)(H,37,39)/b27-15+. The lowest BCUT2D eigenvalue weighted by Gasteiger charge is -2.13. The zero-order chi connectivity index (χ0) is 30.8. The first-order chi connectivity index (χ1) is 20.7. The van der Waals surface area contributed by atoms with Gasteiger partial charge in [0.25, 0.3) is 11.8 Å². The van der Waals surface area contributed by atoms with E-state index >= 15 is 0 Å². The van der Waals surface area contributed by atoms with Crippen LogP contribution in [0.25, 0.3) is 6.08 Å². The number of carbonyl (C=O) groups excluding carboxylic acids is 3.